The molecule has 1 aliphatic heterocycles. The number of likely N-dealkylation sites (tertiary alicyclic amines) is 1. The highest BCUT2D eigenvalue weighted by Crippen LogP contribution is 2.21. The largest absolute Gasteiger partial charge is 0.343 e. The molecule has 1 N–H and O–H groups in total. The predicted octanol–water partition coefficient (Wildman–Crippen LogP) is 2.69. The lowest BCUT2D eigenvalue weighted by molar-refractivity contribution is -0.130. The molecule has 24 heavy (non-hydrogen) atoms. The SMILES string of the molecule is N#C[C@@H]1CCCN1C(=O)CNC(=O)c1cccc2ccc(I)cc12. The Morgan fingerprint density at radius 2 is 2.17 bits per heavy atom. The van der Waals surface area contributed by atoms with Crippen molar-refractivity contribution in [2.75, 3.05) is 13.1 Å². The fourth-order valence-corrected chi connectivity index (χ4v) is 3.49. The number of nitrogens with zero attached hydrogens (tertiary/aromatic N) is 2. The quantitative estimate of drug-likeness (QED) is 0.757. The van der Waals surface area contributed by atoms with Crippen molar-refractivity contribution in [2.24, 2.45) is 0 Å². The highest BCUT2D eigenvalue weighted by Gasteiger charge is 2.28. The lowest BCUT2D eigenvalue weighted by atomic mass is 10.0. The van der Waals surface area contributed by atoms with E-state index in [1.54, 1.807) is 11.0 Å². The van der Waals surface area contributed by atoms with Crippen LogP contribution in [0.1, 0.15) is 23.2 Å². The number of halogens is 1. The topological polar surface area (TPSA) is 73.2 Å². The van der Waals surface area contributed by atoms with Crippen molar-refractivity contribution in [3.8, 4) is 6.07 Å². The summed E-state index contributed by atoms with van der Waals surface area (Å²) >= 11 is 2.21. The van der Waals surface area contributed by atoms with Crippen molar-refractivity contribution in [3.63, 3.8) is 0 Å². The van der Waals surface area contributed by atoms with Crippen LogP contribution in [-0.2, 0) is 4.79 Å². The highest BCUT2D eigenvalue weighted by atomic mass is 127. The zero-order valence-electron chi connectivity index (χ0n) is 13.0. The first kappa shape index (κ1) is 16.7. The lowest BCUT2D eigenvalue weighted by Crippen LogP contribution is -2.42. The van der Waals surface area contributed by atoms with Gasteiger partial charge in [-0.25, -0.2) is 0 Å². The van der Waals surface area contributed by atoms with Crippen LogP contribution in [0, 0.1) is 14.9 Å². The third-order valence-electron chi connectivity index (χ3n) is 4.21. The van der Waals surface area contributed by atoms with Gasteiger partial charge in [-0.3, -0.25) is 9.59 Å². The maximum absolute atomic E-state index is 12.5. The average Bonchev–Trinajstić information content (AvgIpc) is 3.07. The van der Waals surface area contributed by atoms with E-state index in [9.17, 15) is 9.59 Å². The summed E-state index contributed by atoms with van der Waals surface area (Å²) in [6.07, 6.45) is 1.54. The summed E-state index contributed by atoms with van der Waals surface area (Å²) < 4.78 is 1.05. The van der Waals surface area contributed by atoms with E-state index >= 15 is 0 Å². The Bertz CT molecular complexity index is 844. The third kappa shape index (κ3) is 3.36. The first-order valence-corrected chi connectivity index (χ1v) is 8.83. The number of amides is 2. The molecule has 0 saturated carbocycles. The first-order chi connectivity index (χ1) is 11.6. The molecule has 0 radical (unpaired) electrons. The minimum absolute atomic E-state index is 0.0860. The van der Waals surface area contributed by atoms with Gasteiger partial charge in [0.15, 0.2) is 0 Å². The van der Waals surface area contributed by atoms with E-state index in [0.29, 0.717) is 18.5 Å². The van der Waals surface area contributed by atoms with Gasteiger partial charge in [-0.05, 0) is 64.4 Å². The molecular formula is C18H16IN3O2. The molecule has 0 spiro atoms. The number of hydrogen-bond acceptors (Lipinski definition) is 3. The molecule has 2 aromatic rings. The number of carbonyl (C=O) groups is 2. The molecule has 1 heterocycles. The molecule has 0 aliphatic carbocycles. The van der Waals surface area contributed by atoms with Crippen molar-refractivity contribution >= 4 is 45.2 Å². The fraction of sp³-hybridized carbons (Fsp3) is 0.278. The molecule has 0 aromatic heterocycles. The minimum atomic E-state index is -0.367. The molecule has 2 amide bonds. The van der Waals surface area contributed by atoms with Gasteiger partial charge in [-0.2, -0.15) is 5.26 Å². The Morgan fingerprint density at radius 3 is 2.96 bits per heavy atom. The number of rotatable bonds is 3. The van der Waals surface area contributed by atoms with Gasteiger partial charge >= 0.3 is 0 Å². The van der Waals surface area contributed by atoms with Crippen LogP contribution in [0.15, 0.2) is 36.4 Å². The fourth-order valence-electron chi connectivity index (χ4n) is 2.99. The summed E-state index contributed by atoms with van der Waals surface area (Å²) in [6, 6.07) is 13.2. The summed E-state index contributed by atoms with van der Waals surface area (Å²) in [6.45, 7) is 0.497. The number of carbonyl (C=O) groups excluding carboxylic acids is 2. The van der Waals surface area contributed by atoms with Gasteiger partial charge in [0.1, 0.15) is 6.04 Å². The number of benzene rings is 2. The molecule has 0 bridgehead atoms. The van der Waals surface area contributed by atoms with Crippen LogP contribution >= 0.6 is 22.6 Å². The first-order valence-electron chi connectivity index (χ1n) is 7.75. The third-order valence-corrected chi connectivity index (χ3v) is 4.88. The van der Waals surface area contributed by atoms with Crippen LogP contribution < -0.4 is 5.32 Å². The molecule has 3 rings (SSSR count). The maximum atomic E-state index is 12.5. The molecule has 122 valence electrons. The number of nitriles is 1. The van der Waals surface area contributed by atoms with Crippen molar-refractivity contribution in [3.05, 3.63) is 45.5 Å². The van der Waals surface area contributed by atoms with E-state index in [4.69, 9.17) is 5.26 Å². The zero-order valence-corrected chi connectivity index (χ0v) is 15.1. The lowest BCUT2D eigenvalue weighted by Gasteiger charge is -2.19. The van der Waals surface area contributed by atoms with E-state index in [-0.39, 0.29) is 24.4 Å². The number of hydrogen-bond donors (Lipinski definition) is 1. The molecule has 1 aliphatic rings. The van der Waals surface area contributed by atoms with Gasteiger partial charge in [0.25, 0.3) is 5.91 Å². The summed E-state index contributed by atoms with van der Waals surface area (Å²) in [5.74, 6) is -0.481. The number of fused-ring (bicyclic) bond motifs is 1. The summed E-state index contributed by atoms with van der Waals surface area (Å²) in [7, 11) is 0. The van der Waals surface area contributed by atoms with Gasteiger partial charge in [0, 0.05) is 15.7 Å². The molecule has 1 saturated heterocycles. The Hall–Kier alpha value is -2.14. The van der Waals surface area contributed by atoms with E-state index < -0.39 is 0 Å². The molecule has 5 nitrogen and oxygen atoms in total. The Morgan fingerprint density at radius 1 is 1.33 bits per heavy atom. The van der Waals surface area contributed by atoms with Crippen LogP contribution in [0.25, 0.3) is 10.8 Å². The Kier molecular flexibility index (Phi) is 5.00. The van der Waals surface area contributed by atoms with E-state index in [2.05, 4.69) is 34.0 Å². The average molecular weight is 433 g/mol. The minimum Gasteiger partial charge on any atom is -0.343 e. The zero-order chi connectivity index (χ0) is 17.1. The highest BCUT2D eigenvalue weighted by molar-refractivity contribution is 14.1. The van der Waals surface area contributed by atoms with Crippen LogP contribution in [0.5, 0.6) is 0 Å². The monoisotopic (exact) mass is 433 g/mol. The normalized spacial score (nSPS) is 16.8. The Labute approximate surface area is 153 Å². The van der Waals surface area contributed by atoms with Crippen LogP contribution in [0.2, 0.25) is 0 Å². The molecule has 1 atom stereocenters. The van der Waals surface area contributed by atoms with Crippen molar-refractivity contribution in [1.29, 1.82) is 5.26 Å². The predicted molar refractivity (Wildman–Crippen MR) is 99.3 cm³/mol. The van der Waals surface area contributed by atoms with E-state index in [0.717, 1.165) is 20.8 Å². The van der Waals surface area contributed by atoms with Crippen molar-refractivity contribution < 1.29 is 9.59 Å². The second-order valence-electron chi connectivity index (χ2n) is 5.73. The number of nitrogens with one attached hydrogen (secondary N) is 1. The molecule has 6 heteroatoms. The van der Waals surface area contributed by atoms with Gasteiger partial charge in [-0.1, -0.05) is 18.2 Å². The molecule has 1 fully saturated rings. The van der Waals surface area contributed by atoms with Gasteiger partial charge in [0.05, 0.1) is 12.6 Å². The van der Waals surface area contributed by atoms with Gasteiger partial charge in [-0.15, -0.1) is 0 Å². The summed E-state index contributed by atoms with van der Waals surface area (Å²) in [5, 5.41) is 13.6. The standard InChI is InChI=1S/C18H16IN3O2/c19-13-7-6-12-3-1-5-15(16(12)9-13)18(24)21-11-17(23)22-8-2-4-14(22)10-20/h1,3,5-7,9,14H,2,4,8,11H2,(H,21,24)/t14-/m0/s1. The van der Waals surface area contributed by atoms with Crippen LogP contribution in [-0.4, -0.2) is 35.8 Å². The van der Waals surface area contributed by atoms with Gasteiger partial charge < -0.3 is 10.2 Å². The summed E-state index contributed by atoms with van der Waals surface area (Å²) in [5.41, 5.74) is 0.553. The smallest absolute Gasteiger partial charge is 0.252 e. The van der Waals surface area contributed by atoms with E-state index in [1.165, 1.54) is 0 Å². The second kappa shape index (κ2) is 7.18. The molecular weight excluding hydrogens is 417 g/mol. The maximum Gasteiger partial charge on any atom is 0.252 e. The van der Waals surface area contributed by atoms with Crippen LogP contribution in [0.4, 0.5) is 0 Å². The second-order valence-corrected chi connectivity index (χ2v) is 6.97. The molecule has 0 unspecified atom stereocenters. The van der Waals surface area contributed by atoms with Crippen molar-refractivity contribution in [2.45, 2.75) is 18.9 Å². The van der Waals surface area contributed by atoms with E-state index in [1.807, 2.05) is 30.3 Å². The molecule has 2 aromatic carbocycles. The van der Waals surface area contributed by atoms with Crippen LogP contribution in [0.3, 0.4) is 0 Å². The van der Waals surface area contributed by atoms with Crippen molar-refractivity contribution in [1.82, 2.24) is 10.2 Å². The van der Waals surface area contributed by atoms with Gasteiger partial charge in [0.2, 0.25) is 5.91 Å². The summed E-state index contributed by atoms with van der Waals surface area (Å²) in [4.78, 5) is 26.3. The Balaban J connectivity index is 1.73.